The molecule has 2 saturated heterocycles. The topological polar surface area (TPSA) is 34.6 Å². The standard InChI is InChI=1S/C19H24N2O2/c1-12(2)22-19-8-13(3)20-18-7-4-14(9-17(18)19)21-10-15-5-6-16(11-21)23-15/h4,7-9,12,15-16H,5-6,10-11H2,1-3H3. The van der Waals surface area contributed by atoms with E-state index in [0.29, 0.717) is 12.2 Å². The molecule has 1 aromatic heterocycles. The highest BCUT2D eigenvalue weighted by atomic mass is 16.5. The van der Waals surface area contributed by atoms with Crippen LogP contribution in [0.5, 0.6) is 5.75 Å². The van der Waals surface area contributed by atoms with Crippen LogP contribution in [-0.4, -0.2) is 36.4 Å². The van der Waals surface area contributed by atoms with Crippen LogP contribution in [0.1, 0.15) is 32.4 Å². The SMILES string of the molecule is Cc1cc(OC(C)C)c2cc(N3CC4CCC(C3)O4)ccc2n1. The van der Waals surface area contributed by atoms with E-state index in [0.717, 1.165) is 35.4 Å². The third-order valence-electron chi connectivity index (χ3n) is 4.65. The summed E-state index contributed by atoms with van der Waals surface area (Å²) >= 11 is 0. The van der Waals surface area contributed by atoms with Crippen molar-refractivity contribution in [2.75, 3.05) is 18.0 Å². The second-order valence-corrected chi connectivity index (χ2v) is 6.99. The quantitative estimate of drug-likeness (QED) is 0.865. The molecule has 0 N–H and O–H groups in total. The summed E-state index contributed by atoms with van der Waals surface area (Å²) in [4.78, 5) is 7.10. The number of aromatic nitrogens is 1. The summed E-state index contributed by atoms with van der Waals surface area (Å²) in [7, 11) is 0. The number of benzene rings is 1. The van der Waals surface area contributed by atoms with Crippen molar-refractivity contribution in [2.45, 2.75) is 51.9 Å². The summed E-state index contributed by atoms with van der Waals surface area (Å²) in [6.45, 7) is 8.11. The van der Waals surface area contributed by atoms with Gasteiger partial charge in [0.2, 0.25) is 0 Å². The van der Waals surface area contributed by atoms with Crippen molar-refractivity contribution in [3.63, 3.8) is 0 Å². The van der Waals surface area contributed by atoms with Gasteiger partial charge in [0.15, 0.2) is 0 Å². The molecule has 4 heteroatoms. The van der Waals surface area contributed by atoms with Crippen molar-refractivity contribution < 1.29 is 9.47 Å². The van der Waals surface area contributed by atoms with Gasteiger partial charge in [-0.05, 0) is 51.8 Å². The van der Waals surface area contributed by atoms with Crippen LogP contribution in [0.3, 0.4) is 0 Å². The number of hydrogen-bond acceptors (Lipinski definition) is 4. The van der Waals surface area contributed by atoms with Gasteiger partial charge in [-0.2, -0.15) is 0 Å². The zero-order chi connectivity index (χ0) is 16.0. The molecule has 4 nitrogen and oxygen atoms in total. The van der Waals surface area contributed by atoms with Crippen LogP contribution < -0.4 is 9.64 Å². The summed E-state index contributed by atoms with van der Waals surface area (Å²) < 4.78 is 12.0. The monoisotopic (exact) mass is 312 g/mol. The molecular formula is C19H24N2O2. The van der Waals surface area contributed by atoms with Crippen LogP contribution in [0.25, 0.3) is 10.9 Å². The number of anilines is 1. The molecule has 2 unspecified atom stereocenters. The van der Waals surface area contributed by atoms with Gasteiger partial charge in [0.1, 0.15) is 5.75 Å². The lowest BCUT2D eigenvalue weighted by Gasteiger charge is -2.34. The number of hydrogen-bond donors (Lipinski definition) is 0. The molecule has 0 amide bonds. The number of rotatable bonds is 3. The maximum Gasteiger partial charge on any atom is 0.130 e. The van der Waals surface area contributed by atoms with Crippen molar-refractivity contribution in [3.8, 4) is 5.75 Å². The Balaban J connectivity index is 1.73. The minimum absolute atomic E-state index is 0.155. The molecular weight excluding hydrogens is 288 g/mol. The van der Waals surface area contributed by atoms with E-state index in [-0.39, 0.29) is 6.10 Å². The molecule has 0 saturated carbocycles. The fourth-order valence-corrected chi connectivity index (χ4v) is 3.68. The zero-order valence-electron chi connectivity index (χ0n) is 14.1. The molecule has 2 aliphatic heterocycles. The first-order chi connectivity index (χ1) is 11.1. The summed E-state index contributed by atoms with van der Waals surface area (Å²) in [5.74, 6) is 0.931. The van der Waals surface area contributed by atoms with Gasteiger partial charge in [-0.3, -0.25) is 4.98 Å². The second kappa shape index (κ2) is 5.68. The fraction of sp³-hybridized carbons (Fsp3) is 0.526. The van der Waals surface area contributed by atoms with Crippen LogP contribution >= 0.6 is 0 Å². The van der Waals surface area contributed by atoms with Gasteiger partial charge >= 0.3 is 0 Å². The zero-order valence-corrected chi connectivity index (χ0v) is 14.1. The number of aryl methyl sites for hydroxylation is 1. The molecule has 0 radical (unpaired) electrons. The van der Waals surface area contributed by atoms with E-state index in [9.17, 15) is 0 Å². The Bertz CT molecular complexity index is 717. The van der Waals surface area contributed by atoms with Crippen molar-refractivity contribution in [2.24, 2.45) is 0 Å². The number of pyridine rings is 1. The van der Waals surface area contributed by atoms with Crippen LogP contribution in [0, 0.1) is 6.92 Å². The van der Waals surface area contributed by atoms with E-state index in [1.54, 1.807) is 0 Å². The van der Waals surface area contributed by atoms with Gasteiger partial charge in [0.05, 0.1) is 23.8 Å². The van der Waals surface area contributed by atoms with Crippen molar-refractivity contribution >= 4 is 16.6 Å². The second-order valence-electron chi connectivity index (χ2n) is 6.99. The molecule has 3 heterocycles. The number of nitrogens with zero attached hydrogens (tertiary/aromatic N) is 2. The highest BCUT2D eigenvalue weighted by Crippen LogP contribution is 2.33. The average Bonchev–Trinajstić information content (AvgIpc) is 2.84. The molecule has 122 valence electrons. The predicted octanol–water partition coefficient (Wildman–Crippen LogP) is 3.70. The molecule has 2 aromatic rings. The molecule has 2 atom stereocenters. The van der Waals surface area contributed by atoms with E-state index < -0.39 is 0 Å². The molecule has 4 rings (SSSR count). The molecule has 0 spiro atoms. The molecule has 2 aliphatic rings. The fourth-order valence-electron chi connectivity index (χ4n) is 3.68. The van der Waals surface area contributed by atoms with E-state index in [2.05, 4.69) is 41.9 Å². The third-order valence-corrected chi connectivity index (χ3v) is 4.65. The lowest BCUT2D eigenvalue weighted by atomic mass is 10.1. The van der Waals surface area contributed by atoms with E-state index in [1.807, 2.05) is 13.0 Å². The van der Waals surface area contributed by atoms with Crippen molar-refractivity contribution in [1.29, 1.82) is 0 Å². The number of morpholine rings is 1. The molecule has 1 aromatic carbocycles. The first-order valence-corrected chi connectivity index (χ1v) is 8.57. The maximum absolute atomic E-state index is 6.02. The summed E-state index contributed by atoms with van der Waals surface area (Å²) in [5, 5.41) is 1.10. The Morgan fingerprint density at radius 1 is 1.17 bits per heavy atom. The normalized spacial score (nSPS) is 23.7. The Morgan fingerprint density at radius 2 is 1.91 bits per heavy atom. The number of fused-ring (bicyclic) bond motifs is 3. The largest absolute Gasteiger partial charge is 0.490 e. The molecule has 23 heavy (non-hydrogen) atoms. The van der Waals surface area contributed by atoms with E-state index in [4.69, 9.17) is 9.47 Å². The maximum atomic E-state index is 6.02. The Labute approximate surface area is 137 Å². The van der Waals surface area contributed by atoms with Gasteiger partial charge in [0, 0.05) is 35.9 Å². The van der Waals surface area contributed by atoms with Gasteiger partial charge in [-0.25, -0.2) is 0 Å². The van der Waals surface area contributed by atoms with Crippen molar-refractivity contribution in [1.82, 2.24) is 4.98 Å². The Kier molecular flexibility index (Phi) is 3.64. The number of ether oxygens (including phenoxy) is 2. The van der Waals surface area contributed by atoms with Crippen LogP contribution in [0.4, 0.5) is 5.69 Å². The first-order valence-electron chi connectivity index (χ1n) is 8.57. The summed E-state index contributed by atoms with van der Waals surface area (Å²) in [6.07, 6.45) is 3.33. The van der Waals surface area contributed by atoms with Crippen molar-refractivity contribution in [3.05, 3.63) is 30.0 Å². The van der Waals surface area contributed by atoms with Gasteiger partial charge in [-0.1, -0.05) is 0 Å². The highest BCUT2D eigenvalue weighted by molar-refractivity contribution is 5.88. The predicted molar refractivity (Wildman–Crippen MR) is 92.4 cm³/mol. The summed E-state index contributed by atoms with van der Waals surface area (Å²) in [5.41, 5.74) is 3.24. The van der Waals surface area contributed by atoms with Crippen LogP contribution in [-0.2, 0) is 4.74 Å². The summed E-state index contributed by atoms with van der Waals surface area (Å²) in [6, 6.07) is 8.56. The Morgan fingerprint density at radius 3 is 2.61 bits per heavy atom. The van der Waals surface area contributed by atoms with Crippen LogP contribution in [0.15, 0.2) is 24.3 Å². The molecule has 2 bridgehead atoms. The highest BCUT2D eigenvalue weighted by Gasteiger charge is 2.33. The lowest BCUT2D eigenvalue weighted by Crippen LogP contribution is -2.42. The third kappa shape index (κ3) is 2.88. The molecule has 0 aliphatic carbocycles. The van der Waals surface area contributed by atoms with E-state index in [1.165, 1.54) is 18.5 Å². The smallest absolute Gasteiger partial charge is 0.130 e. The van der Waals surface area contributed by atoms with Gasteiger partial charge in [-0.15, -0.1) is 0 Å². The van der Waals surface area contributed by atoms with Crippen LogP contribution in [0.2, 0.25) is 0 Å². The minimum Gasteiger partial charge on any atom is -0.490 e. The average molecular weight is 312 g/mol. The Hall–Kier alpha value is -1.81. The first kappa shape index (κ1) is 14.8. The van der Waals surface area contributed by atoms with Gasteiger partial charge in [0.25, 0.3) is 0 Å². The lowest BCUT2D eigenvalue weighted by molar-refractivity contribution is 0.0305. The minimum atomic E-state index is 0.155. The van der Waals surface area contributed by atoms with E-state index >= 15 is 0 Å². The molecule has 2 fully saturated rings. The van der Waals surface area contributed by atoms with Gasteiger partial charge < -0.3 is 14.4 Å².